The van der Waals surface area contributed by atoms with Gasteiger partial charge in [-0.15, -0.1) is 0 Å². The molecule has 5 nitrogen and oxygen atoms in total. The predicted octanol–water partition coefficient (Wildman–Crippen LogP) is 3.19. The van der Waals surface area contributed by atoms with Crippen LogP contribution in [0.5, 0.6) is 0 Å². The topological polar surface area (TPSA) is 57.0 Å². The summed E-state index contributed by atoms with van der Waals surface area (Å²) in [7, 11) is 0. The number of hydrogen-bond acceptors (Lipinski definition) is 4. The van der Waals surface area contributed by atoms with Crippen molar-refractivity contribution in [3.05, 3.63) is 11.6 Å². The smallest absolute Gasteiger partial charge is 0.313 e. The Labute approximate surface area is 127 Å². The molecule has 0 spiro atoms. The molecule has 0 atom stereocenters. The van der Waals surface area contributed by atoms with E-state index in [0.717, 1.165) is 24.5 Å². The van der Waals surface area contributed by atoms with Gasteiger partial charge >= 0.3 is 5.97 Å². The maximum atomic E-state index is 11.8. The molecule has 21 heavy (non-hydrogen) atoms. The largest absolute Gasteiger partial charge is 0.466 e. The van der Waals surface area contributed by atoms with E-state index >= 15 is 0 Å². The van der Waals surface area contributed by atoms with Crippen molar-refractivity contribution in [1.82, 2.24) is 14.8 Å². The highest BCUT2D eigenvalue weighted by Crippen LogP contribution is 2.30. The van der Waals surface area contributed by atoms with Gasteiger partial charge in [0.1, 0.15) is 12.2 Å². The second-order valence-corrected chi connectivity index (χ2v) is 6.82. The Morgan fingerprint density at radius 3 is 2.52 bits per heavy atom. The third kappa shape index (κ3) is 4.05. The fourth-order valence-corrected chi connectivity index (χ4v) is 2.75. The monoisotopic (exact) mass is 293 g/mol. The lowest BCUT2D eigenvalue weighted by Crippen LogP contribution is -2.20. The minimum atomic E-state index is -0.220. The number of aromatic nitrogens is 3. The highest BCUT2D eigenvalue weighted by Gasteiger charge is 2.27. The van der Waals surface area contributed by atoms with E-state index in [-0.39, 0.29) is 17.8 Å². The van der Waals surface area contributed by atoms with Gasteiger partial charge < -0.3 is 4.74 Å². The van der Waals surface area contributed by atoms with E-state index in [1.165, 1.54) is 19.3 Å². The molecule has 1 aromatic rings. The first-order valence-corrected chi connectivity index (χ1v) is 8.03. The highest BCUT2D eigenvalue weighted by molar-refractivity contribution is 5.71. The van der Waals surface area contributed by atoms with Crippen LogP contribution in [0.2, 0.25) is 0 Å². The molecule has 0 amide bonds. The molecule has 0 N–H and O–H groups in total. The van der Waals surface area contributed by atoms with Crippen molar-refractivity contribution in [3.8, 4) is 0 Å². The van der Waals surface area contributed by atoms with Gasteiger partial charge in [-0.2, -0.15) is 5.10 Å². The van der Waals surface area contributed by atoms with E-state index in [1.807, 2.05) is 11.6 Å². The lowest BCUT2D eigenvalue weighted by Gasteiger charge is -2.23. The highest BCUT2D eigenvalue weighted by atomic mass is 16.5. The van der Waals surface area contributed by atoms with Crippen molar-refractivity contribution in [2.45, 2.75) is 77.7 Å². The van der Waals surface area contributed by atoms with Crippen LogP contribution in [0.25, 0.3) is 0 Å². The summed E-state index contributed by atoms with van der Waals surface area (Å²) in [6.45, 7) is 8.53. The molecule has 1 aliphatic carbocycles. The summed E-state index contributed by atoms with van der Waals surface area (Å²) < 4.78 is 7.06. The van der Waals surface area contributed by atoms with Crippen LogP contribution in [0, 0.1) is 0 Å². The third-order valence-electron chi connectivity index (χ3n) is 3.90. The maximum Gasteiger partial charge on any atom is 0.313 e. The quantitative estimate of drug-likeness (QED) is 0.800. The van der Waals surface area contributed by atoms with Crippen LogP contribution >= 0.6 is 0 Å². The average molecular weight is 293 g/mol. The molecule has 0 bridgehead atoms. The fourth-order valence-electron chi connectivity index (χ4n) is 2.75. The first kappa shape index (κ1) is 16.0. The van der Waals surface area contributed by atoms with E-state index in [4.69, 9.17) is 9.84 Å². The Morgan fingerprint density at radius 1 is 1.29 bits per heavy atom. The van der Waals surface area contributed by atoms with Crippen molar-refractivity contribution in [2.75, 3.05) is 6.61 Å². The number of hydrogen-bond donors (Lipinski definition) is 0. The molecule has 1 aliphatic rings. The van der Waals surface area contributed by atoms with Gasteiger partial charge in [0.05, 0.1) is 12.6 Å². The van der Waals surface area contributed by atoms with Gasteiger partial charge in [-0.1, -0.05) is 40.0 Å². The van der Waals surface area contributed by atoms with Gasteiger partial charge in [0.2, 0.25) is 0 Å². The third-order valence-corrected chi connectivity index (χ3v) is 3.90. The van der Waals surface area contributed by atoms with Crippen molar-refractivity contribution < 1.29 is 9.53 Å². The SMILES string of the molecule is CCOC(=O)Cc1nc(C(C)(C)C)nn1C1CCCCC1. The van der Waals surface area contributed by atoms with Gasteiger partial charge in [0, 0.05) is 5.41 Å². The molecule has 0 saturated heterocycles. The van der Waals surface area contributed by atoms with Gasteiger partial charge in [0.25, 0.3) is 0 Å². The molecule has 5 heteroatoms. The maximum absolute atomic E-state index is 11.8. The summed E-state index contributed by atoms with van der Waals surface area (Å²) in [5, 5.41) is 4.72. The minimum absolute atomic E-state index is 0.108. The zero-order chi connectivity index (χ0) is 15.5. The molecule has 0 radical (unpaired) electrons. The Morgan fingerprint density at radius 2 is 1.95 bits per heavy atom. The van der Waals surface area contributed by atoms with Gasteiger partial charge in [-0.25, -0.2) is 9.67 Å². The van der Waals surface area contributed by atoms with Crippen LogP contribution in [0.15, 0.2) is 0 Å². The van der Waals surface area contributed by atoms with Crippen LogP contribution in [0.1, 0.15) is 77.5 Å². The molecular formula is C16H27N3O2. The number of rotatable bonds is 4. The molecule has 1 saturated carbocycles. The minimum Gasteiger partial charge on any atom is -0.466 e. The first-order valence-electron chi connectivity index (χ1n) is 8.03. The average Bonchev–Trinajstić information content (AvgIpc) is 2.84. The molecule has 1 heterocycles. The van der Waals surface area contributed by atoms with E-state index in [1.54, 1.807) is 0 Å². The molecule has 1 fully saturated rings. The number of esters is 1. The van der Waals surface area contributed by atoms with Crippen molar-refractivity contribution in [3.63, 3.8) is 0 Å². The Kier molecular flexibility index (Phi) is 5.01. The Balaban J connectivity index is 2.26. The van der Waals surface area contributed by atoms with E-state index in [0.29, 0.717) is 12.6 Å². The van der Waals surface area contributed by atoms with Gasteiger partial charge in [-0.05, 0) is 19.8 Å². The van der Waals surface area contributed by atoms with Crippen LogP contribution < -0.4 is 0 Å². The number of carbonyl (C=O) groups excluding carboxylic acids is 1. The summed E-state index contributed by atoms with van der Waals surface area (Å²) in [5.41, 5.74) is -0.108. The second kappa shape index (κ2) is 6.58. The van der Waals surface area contributed by atoms with E-state index in [9.17, 15) is 4.79 Å². The molecule has 0 aromatic carbocycles. The zero-order valence-corrected chi connectivity index (χ0v) is 13.7. The van der Waals surface area contributed by atoms with E-state index in [2.05, 4.69) is 25.8 Å². The summed E-state index contributed by atoms with van der Waals surface area (Å²) in [4.78, 5) is 16.4. The van der Waals surface area contributed by atoms with Crippen molar-refractivity contribution in [2.24, 2.45) is 0 Å². The number of nitrogens with zero attached hydrogens (tertiary/aromatic N) is 3. The van der Waals surface area contributed by atoms with Crippen LogP contribution in [0.3, 0.4) is 0 Å². The lowest BCUT2D eigenvalue weighted by molar-refractivity contribution is -0.142. The van der Waals surface area contributed by atoms with Crippen molar-refractivity contribution >= 4 is 5.97 Å². The summed E-state index contributed by atoms with van der Waals surface area (Å²) >= 11 is 0. The Hall–Kier alpha value is -1.39. The summed E-state index contributed by atoms with van der Waals surface area (Å²) in [6, 6.07) is 0.381. The molecule has 1 aromatic heterocycles. The molecule has 0 unspecified atom stereocenters. The second-order valence-electron chi connectivity index (χ2n) is 6.82. The summed E-state index contributed by atoms with van der Waals surface area (Å²) in [5.74, 6) is 1.35. The normalized spacial score (nSPS) is 17.0. The van der Waals surface area contributed by atoms with Crippen LogP contribution in [-0.2, 0) is 21.4 Å². The molecule has 118 valence electrons. The fraction of sp³-hybridized carbons (Fsp3) is 0.812. The van der Waals surface area contributed by atoms with Crippen LogP contribution in [0.4, 0.5) is 0 Å². The molecular weight excluding hydrogens is 266 g/mol. The number of carbonyl (C=O) groups is 1. The zero-order valence-electron chi connectivity index (χ0n) is 13.7. The molecule has 0 aliphatic heterocycles. The number of ether oxygens (including phenoxy) is 1. The summed E-state index contributed by atoms with van der Waals surface area (Å²) in [6.07, 6.45) is 6.23. The van der Waals surface area contributed by atoms with Crippen molar-refractivity contribution in [1.29, 1.82) is 0 Å². The van der Waals surface area contributed by atoms with Gasteiger partial charge in [-0.3, -0.25) is 4.79 Å². The Bertz CT molecular complexity index is 482. The predicted molar refractivity (Wildman–Crippen MR) is 81.2 cm³/mol. The standard InChI is InChI=1S/C16H27N3O2/c1-5-21-14(20)11-13-17-15(16(2,3)4)18-19(13)12-9-7-6-8-10-12/h12H,5-11H2,1-4H3. The van der Waals surface area contributed by atoms with E-state index < -0.39 is 0 Å². The first-order chi connectivity index (χ1) is 9.91. The molecule has 2 rings (SSSR count). The van der Waals surface area contributed by atoms with Gasteiger partial charge in [0.15, 0.2) is 5.82 Å². The van der Waals surface area contributed by atoms with Crippen LogP contribution in [-0.4, -0.2) is 27.3 Å². The lowest BCUT2D eigenvalue weighted by atomic mass is 9.95.